The second-order valence-electron chi connectivity index (χ2n) is 5.32. The lowest BCUT2D eigenvalue weighted by Crippen LogP contribution is -2.22. The molecule has 0 fully saturated rings. The number of nitrogens with zero attached hydrogens (tertiary/aromatic N) is 1. The molecule has 2 rings (SSSR count). The molecule has 0 saturated heterocycles. The number of carbonyl (C=O) groups excluding carboxylic acids is 1. The van der Waals surface area contributed by atoms with Crippen molar-refractivity contribution in [3.8, 4) is 0 Å². The quantitative estimate of drug-likeness (QED) is 0.720. The van der Waals surface area contributed by atoms with Crippen molar-refractivity contribution in [2.24, 2.45) is 0 Å². The Bertz CT molecular complexity index is 624. The fourth-order valence-corrected chi connectivity index (χ4v) is 2.78. The molecule has 0 aliphatic carbocycles. The highest BCUT2D eigenvalue weighted by molar-refractivity contribution is 9.10. The van der Waals surface area contributed by atoms with Gasteiger partial charge in [-0.3, -0.25) is 4.79 Å². The number of hydrogen-bond acceptors (Lipinski definition) is 2. The fourth-order valence-electron chi connectivity index (χ4n) is 2.27. The Morgan fingerprint density at radius 3 is 2.48 bits per heavy atom. The highest BCUT2D eigenvalue weighted by atomic mass is 79.9. The van der Waals surface area contributed by atoms with Crippen LogP contribution in [0.1, 0.15) is 27.9 Å². The lowest BCUT2D eigenvalue weighted by molar-refractivity contribution is 0.0967. The van der Waals surface area contributed by atoms with E-state index in [4.69, 9.17) is 0 Å². The van der Waals surface area contributed by atoms with Gasteiger partial charge in [-0.05, 0) is 31.2 Å². The first kappa shape index (κ1) is 15.9. The van der Waals surface area contributed by atoms with Crippen LogP contribution in [0.5, 0.6) is 0 Å². The van der Waals surface area contributed by atoms with Gasteiger partial charge in [0.1, 0.15) is 0 Å². The maximum Gasteiger partial charge on any atom is 0.165 e. The number of halogens is 1. The monoisotopic (exact) mass is 345 g/mol. The highest BCUT2D eigenvalue weighted by Gasteiger charge is 2.11. The van der Waals surface area contributed by atoms with Crippen LogP contribution in [0.2, 0.25) is 0 Å². The average molecular weight is 346 g/mol. The molecule has 21 heavy (non-hydrogen) atoms. The molecule has 0 unspecified atom stereocenters. The van der Waals surface area contributed by atoms with Gasteiger partial charge in [0.05, 0.1) is 0 Å². The van der Waals surface area contributed by atoms with Crippen LogP contribution in [0.25, 0.3) is 0 Å². The number of ketones is 1. The third-order valence-corrected chi connectivity index (χ3v) is 4.29. The smallest absolute Gasteiger partial charge is 0.165 e. The molecule has 2 aromatic rings. The van der Waals surface area contributed by atoms with Gasteiger partial charge in [-0.25, -0.2) is 0 Å². The van der Waals surface area contributed by atoms with E-state index in [0.29, 0.717) is 6.42 Å². The van der Waals surface area contributed by atoms with Crippen LogP contribution in [0.4, 0.5) is 0 Å². The number of benzene rings is 2. The summed E-state index contributed by atoms with van der Waals surface area (Å²) in [6, 6.07) is 16.0. The summed E-state index contributed by atoms with van der Waals surface area (Å²) < 4.78 is 0.872. The van der Waals surface area contributed by atoms with Crippen molar-refractivity contribution in [3.63, 3.8) is 0 Å². The van der Waals surface area contributed by atoms with Gasteiger partial charge in [0.25, 0.3) is 0 Å². The van der Waals surface area contributed by atoms with Crippen molar-refractivity contribution < 1.29 is 4.79 Å². The largest absolute Gasteiger partial charge is 0.302 e. The lowest BCUT2D eigenvalue weighted by atomic mass is 10.1. The van der Waals surface area contributed by atoms with Crippen molar-refractivity contribution in [3.05, 3.63) is 69.7 Å². The van der Waals surface area contributed by atoms with Crippen molar-refractivity contribution in [2.45, 2.75) is 19.9 Å². The van der Waals surface area contributed by atoms with Crippen LogP contribution in [0.15, 0.2) is 53.0 Å². The van der Waals surface area contributed by atoms with Crippen LogP contribution in [-0.4, -0.2) is 24.3 Å². The van der Waals surface area contributed by atoms with E-state index >= 15 is 0 Å². The van der Waals surface area contributed by atoms with E-state index in [1.165, 1.54) is 11.1 Å². The van der Waals surface area contributed by atoms with Gasteiger partial charge < -0.3 is 4.90 Å². The Labute approximate surface area is 134 Å². The SMILES string of the molecule is Cc1ccccc1CN(C)CCC(=O)c1ccccc1Br. The Morgan fingerprint density at radius 2 is 1.76 bits per heavy atom. The molecule has 2 nitrogen and oxygen atoms in total. The van der Waals surface area contributed by atoms with Gasteiger partial charge in [-0.1, -0.05) is 58.4 Å². The second-order valence-corrected chi connectivity index (χ2v) is 6.17. The first-order chi connectivity index (χ1) is 10.1. The standard InChI is InChI=1S/C18H20BrNO/c1-14-7-3-4-8-15(14)13-20(2)12-11-18(21)16-9-5-6-10-17(16)19/h3-10H,11-13H2,1-2H3. The van der Waals surface area contributed by atoms with Gasteiger partial charge in [0.2, 0.25) is 0 Å². The molecule has 0 radical (unpaired) electrons. The summed E-state index contributed by atoms with van der Waals surface area (Å²) in [5.41, 5.74) is 3.37. The summed E-state index contributed by atoms with van der Waals surface area (Å²) in [5, 5.41) is 0. The molecule has 0 aliphatic rings. The first-order valence-electron chi connectivity index (χ1n) is 7.08. The molecule has 3 heteroatoms. The first-order valence-corrected chi connectivity index (χ1v) is 7.88. The Morgan fingerprint density at radius 1 is 1.10 bits per heavy atom. The summed E-state index contributed by atoms with van der Waals surface area (Å²) in [5.74, 6) is 0.180. The Kier molecular flexibility index (Phi) is 5.71. The minimum atomic E-state index is 0.180. The Balaban J connectivity index is 1.90. The molecule has 0 aliphatic heterocycles. The second kappa shape index (κ2) is 7.53. The van der Waals surface area contributed by atoms with Gasteiger partial charge >= 0.3 is 0 Å². The van der Waals surface area contributed by atoms with Crippen molar-refractivity contribution in [1.82, 2.24) is 4.90 Å². The van der Waals surface area contributed by atoms with Gasteiger partial charge in [0, 0.05) is 29.5 Å². The van der Waals surface area contributed by atoms with E-state index in [0.717, 1.165) is 23.1 Å². The molecular weight excluding hydrogens is 326 g/mol. The van der Waals surface area contributed by atoms with Crippen LogP contribution in [0, 0.1) is 6.92 Å². The van der Waals surface area contributed by atoms with Crippen molar-refractivity contribution in [2.75, 3.05) is 13.6 Å². The zero-order chi connectivity index (χ0) is 15.2. The van der Waals surface area contributed by atoms with Crippen molar-refractivity contribution in [1.29, 1.82) is 0 Å². The van der Waals surface area contributed by atoms with Crippen LogP contribution in [-0.2, 0) is 6.54 Å². The summed E-state index contributed by atoms with van der Waals surface area (Å²) in [7, 11) is 2.06. The molecule has 0 N–H and O–H groups in total. The number of aryl methyl sites for hydroxylation is 1. The predicted octanol–water partition coefficient (Wildman–Crippen LogP) is 4.46. The number of rotatable bonds is 6. The molecule has 0 saturated carbocycles. The number of carbonyl (C=O) groups is 1. The number of hydrogen-bond donors (Lipinski definition) is 0. The lowest BCUT2D eigenvalue weighted by Gasteiger charge is -2.17. The third-order valence-electron chi connectivity index (χ3n) is 3.60. The van der Waals surface area contributed by atoms with Gasteiger partial charge in [-0.15, -0.1) is 0 Å². The maximum atomic E-state index is 12.2. The normalized spacial score (nSPS) is 10.9. The fraction of sp³-hybridized carbons (Fsp3) is 0.278. The van der Waals surface area contributed by atoms with Crippen LogP contribution >= 0.6 is 15.9 Å². The van der Waals surface area contributed by atoms with E-state index in [2.05, 4.69) is 59.1 Å². The third kappa shape index (κ3) is 4.51. The van der Waals surface area contributed by atoms with E-state index < -0.39 is 0 Å². The van der Waals surface area contributed by atoms with Crippen molar-refractivity contribution >= 4 is 21.7 Å². The molecule has 2 aromatic carbocycles. The van der Waals surface area contributed by atoms with Crippen LogP contribution < -0.4 is 0 Å². The van der Waals surface area contributed by atoms with Gasteiger partial charge in [-0.2, -0.15) is 0 Å². The molecule has 0 amide bonds. The molecule has 0 atom stereocenters. The predicted molar refractivity (Wildman–Crippen MR) is 90.6 cm³/mol. The zero-order valence-corrected chi connectivity index (χ0v) is 14.1. The highest BCUT2D eigenvalue weighted by Crippen LogP contribution is 2.18. The van der Waals surface area contributed by atoms with E-state index in [1.807, 2.05) is 24.3 Å². The topological polar surface area (TPSA) is 20.3 Å². The van der Waals surface area contributed by atoms with E-state index in [1.54, 1.807) is 0 Å². The zero-order valence-electron chi connectivity index (χ0n) is 12.5. The Hall–Kier alpha value is -1.45. The van der Waals surface area contributed by atoms with E-state index in [-0.39, 0.29) is 5.78 Å². The summed E-state index contributed by atoms with van der Waals surface area (Å²) in [4.78, 5) is 14.4. The molecular formula is C18H20BrNO. The molecule has 0 aromatic heterocycles. The molecule has 0 spiro atoms. The molecule has 0 bridgehead atoms. The maximum absolute atomic E-state index is 12.2. The summed E-state index contributed by atoms with van der Waals surface area (Å²) in [6.45, 7) is 3.75. The average Bonchev–Trinajstić information content (AvgIpc) is 2.48. The van der Waals surface area contributed by atoms with Gasteiger partial charge in [0.15, 0.2) is 5.78 Å². The van der Waals surface area contributed by atoms with Crippen LogP contribution in [0.3, 0.4) is 0 Å². The minimum absolute atomic E-state index is 0.180. The summed E-state index contributed by atoms with van der Waals surface area (Å²) in [6.07, 6.45) is 0.533. The van der Waals surface area contributed by atoms with E-state index in [9.17, 15) is 4.79 Å². The summed E-state index contributed by atoms with van der Waals surface area (Å²) >= 11 is 3.43. The molecule has 110 valence electrons. The minimum Gasteiger partial charge on any atom is -0.302 e. The number of Topliss-reactive ketones (excluding diaryl/α,β-unsaturated/α-hetero) is 1. The molecule has 0 heterocycles.